The molecule has 0 saturated carbocycles. The second kappa shape index (κ2) is 15.8. The number of amides is 1. The quantitative estimate of drug-likeness (QED) is 0.254. The van der Waals surface area contributed by atoms with Gasteiger partial charge in [0.25, 0.3) is 0 Å². The van der Waals surface area contributed by atoms with Crippen LogP contribution in [-0.2, 0) is 17.7 Å². The zero-order valence-corrected chi connectivity index (χ0v) is 26.4. The van der Waals surface area contributed by atoms with Gasteiger partial charge in [0.2, 0.25) is 0 Å². The van der Waals surface area contributed by atoms with E-state index in [1.165, 1.54) is 22.8 Å². The van der Waals surface area contributed by atoms with Crippen molar-refractivity contribution in [2.75, 3.05) is 13.2 Å². The molecule has 6 heteroatoms. The van der Waals surface area contributed by atoms with Gasteiger partial charge < -0.3 is 19.5 Å². The Morgan fingerprint density at radius 1 is 0.884 bits per heavy atom. The highest BCUT2D eigenvalue weighted by Gasteiger charge is 2.22. The van der Waals surface area contributed by atoms with Crippen LogP contribution < -0.4 is 4.74 Å². The van der Waals surface area contributed by atoms with E-state index in [0.717, 1.165) is 41.9 Å². The molecule has 0 spiro atoms. The summed E-state index contributed by atoms with van der Waals surface area (Å²) >= 11 is 0. The normalized spacial score (nSPS) is 12.0. The van der Waals surface area contributed by atoms with E-state index in [1.54, 1.807) is 30.9 Å². The number of fused-ring (bicyclic) bond motifs is 2. The third-order valence-electron chi connectivity index (χ3n) is 6.90. The predicted molar refractivity (Wildman–Crippen MR) is 174 cm³/mol. The van der Waals surface area contributed by atoms with Crippen molar-refractivity contribution in [1.29, 1.82) is 0 Å². The summed E-state index contributed by atoms with van der Waals surface area (Å²) in [6.07, 6.45) is 3.00. The van der Waals surface area contributed by atoms with E-state index >= 15 is 0 Å². The summed E-state index contributed by atoms with van der Waals surface area (Å²) in [6.45, 7) is 13.5. The summed E-state index contributed by atoms with van der Waals surface area (Å²) in [4.78, 5) is 24.8. The van der Waals surface area contributed by atoms with Gasteiger partial charge in [-0.15, -0.1) is 0 Å². The number of nitrogens with zero attached hydrogens (tertiary/aromatic N) is 1. The van der Waals surface area contributed by atoms with E-state index < -0.39 is 11.6 Å². The Balaban J connectivity index is 0.000000199. The maximum Gasteiger partial charge on any atom is 0.410 e. The van der Waals surface area contributed by atoms with E-state index in [1.807, 2.05) is 57.2 Å². The molecule has 4 aromatic carbocycles. The van der Waals surface area contributed by atoms with E-state index in [-0.39, 0.29) is 6.09 Å². The summed E-state index contributed by atoms with van der Waals surface area (Å²) in [5, 5.41) is 11.1. The lowest BCUT2D eigenvalue weighted by Crippen LogP contribution is -2.36. The van der Waals surface area contributed by atoms with Crippen LogP contribution in [0.5, 0.6) is 5.75 Å². The average Bonchev–Trinajstić information content (AvgIpc) is 2.97. The maximum absolute atomic E-state index is 12.4. The molecule has 4 aromatic rings. The lowest BCUT2D eigenvalue weighted by Gasteiger charge is -2.27. The minimum absolute atomic E-state index is 0.248. The summed E-state index contributed by atoms with van der Waals surface area (Å²) in [5.74, 6) is 0.231. The average molecular weight is 584 g/mol. The molecule has 1 N–H and O–H groups in total. The van der Waals surface area contributed by atoms with Crippen molar-refractivity contribution in [3.63, 3.8) is 0 Å². The van der Waals surface area contributed by atoms with Crippen molar-refractivity contribution in [3.8, 4) is 5.75 Å². The summed E-state index contributed by atoms with van der Waals surface area (Å²) < 4.78 is 10.9. The van der Waals surface area contributed by atoms with Crippen LogP contribution in [0.4, 0.5) is 4.79 Å². The first kappa shape index (κ1) is 33.2. The van der Waals surface area contributed by atoms with Crippen molar-refractivity contribution in [2.45, 2.75) is 73.0 Å². The molecular weight excluding hydrogens is 538 g/mol. The molecule has 0 bridgehead atoms. The number of carboxylic acid groups (broad SMARTS) is 1. The van der Waals surface area contributed by atoms with Crippen LogP contribution >= 0.6 is 0 Å². The highest BCUT2D eigenvalue weighted by atomic mass is 16.6. The van der Waals surface area contributed by atoms with E-state index in [0.29, 0.717) is 18.7 Å². The molecule has 1 heterocycles. The molecule has 43 heavy (non-hydrogen) atoms. The zero-order chi connectivity index (χ0) is 31.4. The molecule has 0 radical (unpaired) electrons. The first-order valence-electron chi connectivity index (χ1n) is 14.9. The third kappa shape index (κ3) is 10.2. The van der Waals surface area contributed by atoms with Crippen molar-refractivity contribution in [2.24, 2.45) is 0 Å². The summed E-state index contributed by atoms with van der Waals surface area (Å²) in [7, 11) is 0. The van der Waals surface area contributed by atoms with Gasteiger partial charge in [0.1, 0.15) is 11.4 Å². The summed E-state index contributed by atoms with van der Waals surface area (Å²) in [5.41, 5.74) is 4.09. The van der Waals surface area contributed by atoms with Gasteiger partial charge in [-0.2, -0.15) is 0 Å². The van der Waals surface area contributed by atoms with E-state index in [2.05, 4.69) is 43.3 Å². The van der Waals surface area contributed by atoms with Gasteiger partial charge in [0.15, 0.2) is 0 Å². The van der Waals surface area contributed by atoms with Gasteiger partial charge in [-0.05, 0) is 93.0 Å². The molecule has 0 aliphatic carbocycles. The van der Waals surface area contributed by atoms with E-state index in [4.69, 9.17) is 14.6 Å². The van der Waals surface area contributed by atoms with Gasteiger partial charge in [-0.3, -0.25) is 0 Å². The Morgan fingerprint density at radius 3 is 2.14 bits per heavy atom. The molecule has 0 fully saturated rings. The lowest BCUT2D eigenvalue weighted by molar-refractivity contribution is 0.0234. The monoisotopic (exact) mass is 583 g/mol. The van der Waals surface area contributed by atoms with Crippen LogP contribution in [0.3, 0.4) is 0 Å². The van der Waals surface area contributed by atoms with Crippen molar-refractivity contribution < 1.29 is 24.2 Å². The SMILES string of the molecule is CCCN(Cc1cccc2ccccc12)C(=O)OC(C)(C)C.Cc1cccc(C)c1C(=O)O.c1ccc2c(c1)CCCO2. The standard InChI is InChI=1S/C19H25NO2.C9H10O2.C9H10O/c1-5-13-20(18(21)22-19(2,3)4)14-16-11-8-10-15-9-6-7-12-17(15)16;1-6-4-3-5-7(2)8(6)9(10)11;1-2-6-9-8(4-1)5-3-7-10-9/h6-12H,5,13-14H2,1-4H3;3-5H,1-2H3,(H,10,11);1-2,4,6H,3,5,7H2. The topological polar surface area (TPSA) is 76.1 Å². The number of carbonyl (C=O) groups is 2. The first-order valence-corrected chi connectivity index (χ1v) is 14.9. The van der Waals surface area contributed by atoms with Gasteiger partial charge in [-0.25, -0.2) is 9.59 Å². The number of benzene rings is 4. The van der Waals surface area contributed by atoms with Crippen molar-refractivity contribution >= 4 is 22.8 Å². The van der Waals surface area contributed by atoms with Crippen molar-refractivity contribution in [1.82, 2.24) is 4.90 Å². The van der Waals surface area contributed by atoms with E-state index in [9.17, 15) is 9.59 Å². The molecular formula is C37H45NO5. The number of para-hydroxylation sites is 1. The van der Waals surface area contributed by atoms with Crippen LogP contribution in [0, 0.1) is 13.8 Å². The van der Waals surface area contributed by atoms with Crippen molar-refractivity contribution in [3.05, 3.63) is 113 Å². The predicted octanol–water partition coefficient (Wildman–Crippen LogP) is 9.00. The molecule has 5 rings (SSSR count). The first-order chi connectivity index (χ1) is 20.5. The fourth-order valence-corrected chi connectivity index (χ4v) is 4.92. The van der Waals surface area contributed by atoms with Crippen LogP contribution in [-0.4, -0.2) is 40.8 Å². The zero-order valence-electron chi connectivity index (χ0n) is 26.4. The number of ether oxygens (including phenoxy) is 2. The Hall–Kier alpha value is -4.32. The maximum atomic E-state index is 12.4. The van der Waals surface area contributed by atoms with Gasteiger partial charge in [0.05, 0.1) is 12.2 Å². The number of aromatic carboxylic acids is 1. The second-order valence-electron chi connectivity index (χ2n) is 11.7. The Kier molecular flexibility index (Phi) is 12.2. The minimum atomic E-state index is -0.847. The van der Waals surface area contributed by atoms with Gasteiger partial charge >= 0.3 is 12.1 Å². The molecule has 0 unspecified atom stereocenters. The molecule has 1 aliphatic heterocycles. The number of hydrogen-bond acceptors (Lipinski definition) is 4. The number of hydrogen-bond donors (Lipinski definition) is 1. The van der Waals surface area contributed by atoms with Crippen LogP contribution in [0.2, 0.25) is 0 Å². The fraction of sp³-hybridized carbons (Fsp3) is 0.351. The number of aryl methyl sites for hydroxylation is 3. The Bertz CT molecular complexity index is 1450. The molecule has 0 atom stereocenters. The largest absolute Gasteiger partial charge is 0.493 e. The highest BCUT2D eigenvalue weighted by molar-refractivity contribution is 5.91. The van der Waals surface area contributed by atoms with Crippen LogP contribution in [0.1, 0.15) is 73.1 Å². The molecule has 1 amide bonds. The third-order valence-corrected chi connectivity index (χ3v) is 6.90. The van der Waals surface area contributed by atoms with Gasteiger partial charge in [-0.1, -0.05) is 85.8 Å². The minimum Gasteiger partial charge on any atom is -0.493 e. The summed E-state index contributed by atoms with van der Waals surface area (Å²) in [6, 6.07) is 28.2. The number of rotatable bonds is 5. The van der Waals surface area contributed by atoms with Gasteiger partial charge in [0, 0.05) is 13.1 Å². The molecule has 6 nitrogen and oxygen atoms in total. The number of carboxylic acids is 1. The number of carbonyl (C=O) groups excluding carboxylic acids is 1. The molecule has 1 aliphatic rings. The molecule has 0 aromatic heterocycles. The highest BCUT2D eigenvalue weighted by Crippen LogP contribution is 2.23. The molecule has 228 valence electrons. The smallest absolute Gasteiger partial charge is 0.410 e. The molecule has 0 saturated heterocycles. The Morgan fingerprint density at radius 2 is 1.51 bits per heavy atom. The Labute approximate surface area is 256 Å². The van der Waals surface area contributed by atoms with Crippen LogP contribution in [0.25, 0.3) is 10.8 Å². The lowest BCUT2D eigenvalue weighted by atomic mass is 10.0. The fourth-order valence-electron chi connectivity index (χ4n) is 4.92. The van der Waals surface area contributed by atoms with Crippen LogP contribution in [0.15, 0.2) is 84.9 Å². The second-order valence-corrected chi connectivity index (χ2v) is 11.7.